The van der Waals surface area contributed by atoms with Crippen molar-refractivity contribution in [2.75, 3.05) is 0 Å². The molecule has 0 radical (unpaired) electrons. The average molecular weight is 290 g/mol. The lowest BCUT2D eigenvalue weighted by Gasteiger charge is -2.05. The minimum atomic E-state index is 0.796. The fourth-order valence-corrected chi connectivity index (χ4v) is 2.61. The van der Waals surface area contributed by atoms with Gasteiger partial charge in [-0.15, -0.1) is 0 Å². The Balaban J connectivity index is 1.87. The van der Waals surface area contributed by atoms with Gasteiger partial charge < -0.3 is 0 Å². The molecule has 0 bridgehead atoms. The zero-order valence-corrected chi connectivity index (χ0v) is 14.4. The van der Waals surface area contributed by atoms with E-state index in [1.54, 1.807) is 0 Å². The molecule has 3 aromatic rings. The minimum Gasteiger partial charge on any atom is -0.236 e. The van der Waals surface area contributed by atoms with Gasteiger partial charge in [0.2, 0.25) is 0 Å². The molecule has 1 heterocycles. The number of hydrogen-bond donors (Lipinski definition) is 0. The SMILES string of the molecule is Cc1ccc(-c2ccc(-c3ncc(C[SiH3])cn3)cc2)cc1. The number of benzene rings is 2. The maximum atomic E-state index is 4.44. The zero-order valence-electron chi connectivity index (χ0n) is 12.4. The van der Waals surface area contributed by atoms with Gasteiger partial charge in [0, 0.05) is 28.2 Å². The van der Waals surface area contributed by atoms with E-state index in [-0.39, 0.29) is 0 Å². The first-order valence-electron chi connectivity index (χ1n) is 7.24. The summed E-state index contributed by atoms with van der Waals surface area (Å²) in [5.74, 6) is 0.796. The van der Waals surface area contributed by atoms with E-state index in [4.69, 9.17) is 0 Å². The highest BCUT2D eigenvalue weighted by Crippen LogP contribution is 2.23. The summed E-state index contributed by atoms with van der Waals surface area (Å²) in [5.41, 5.74) is 6.02. The Bertz CT molecular complexity index is 717. The Kier molecular flexibility index (Phi) is 3.93. The molecule has 0 unspecified atom stereocenters. The lowest BCUT2D eigenvalue weighted by atomic mass is 10.0. The molecule has 0 aliphatic carbocycles. The zero-order chi connectivity index (χ0) is 14.7. The molecule has 3 rings (SSSR count). The lowest BCUT2D eigenvalue weighted by Crippen LogP contribution is -1.92. The van der Waals surface area contributed by atoms with Crippen LogP contribution in [0.3, 0.4) is 0 Å². The van der Waals surface area contributed by atoms with Crippen molar-refractivity contribution in [3.63, 3.8) is 0 Å². The summed E-state index contributed by atoms with van der Waals surface area (Å²) in [6.07, 6.45) is 3.87. The largest absolute Gasteiger partial charge is 0.236 e. The number of rotatable bonds is 3. The molecule has 21 heavy (non-hydrogen) atoms. The predicted octanol–water partition coefficient (Wildman–Crippen LogP) is 2.98. The Morgan fingerprint density at radius 2 is 1.24 bits per heavy atom. The van der Waals surface area contributed by atoms with Crippen LogP contribution in [0.5, 0.6) is 0 Å². The molecule has 0 aliphatic heterocycles. The molecule has 2 aromatic carbocycles. The summed E-state index contributed by atoms with van der Waals surface area (Å²) < 4.78 is 0. The first kappa shape index (κ1) is 13.7. The third-order valence-electron chi connectivity index (χ3n) is 3.64. The third-order valence-corrected chi connectivity index (χ3v) is 4.46. The molecule has 0 spiro atoms. The van der Waals surface area contributed by atoms with Gasteiger partial charge >= 0.3 is 0 Å². The quantitative estimate of drug-likeness (QED) is 0.693. The van der Waals surface area contributed by atoms with Crippen molar-refractivity contribution in [2.45, 2.75) is 13.0 Å². The number of aromatic nitrogens is 2. The Hall–Kier alpha value is -2.26. The number of hydrogen-bond acceptors (Lipinski definition) is 2. The van der Waals surface area contributed by atoms with Gasteiger partial charge in [-0.25, -0.2) is 9.97 Å². The van der Waals surface area contributed by atoms with Gasteiger partial charge in [0.15, 0.2) is 5.82 Å². The van der Waals surface area contributed by atoms with Crippen LogP contribution in [0.15, 0.2) is 60.9 Å². The highest BCUT2D eigenvalue weighted by Gasteiger charge is 2.02. The van der Waals surface area contributed by atoms with Crippen molar-refractivity contribution in [1.29, 1.82) is 0 Å². The van der Waals surface area contributed by atoms with Gasteiger partial charge in [-0.3, -0.25) is 0 Å². The van der Waals surface area contributed by atoms with Crippen molar-refractivity contribution in [2.24, 2.45) is 0 Å². The van der Waals surface area contributed by atoms with E-state index in [1.165, 1.54) is 22.3 Å². The molecule has 3 heteroatoms. The van der Waals surface area contributed by atoms with Crippen molar-refractivity contribution in [3.8, 4) is 22.5 Å². The van der Waals surface area contributed by atoms with Crippen LogP contribution < -0.4 is 0 Å². The van der Waals surface area contributed by atoms with E-state index in [2.05, 4.69) is 65.4 Å². The molecule has 0 amide bonds. The van der Waals surface area contributed by atoms with Crippen LogP contribution >= 0.6 is 0 Å². The molecular formula is C18H18N2Si. The summed E-state index contributed by atoms with van der Waals surface area (Å²) in [5, 5.41) is 0. The van der Waals surface area contributed by atoms with Crippen LogP contribution in [-0.2, 0) is 6.04 Å². The van der Waals surface area contributed by atoms with Gasteiger partial charge in [0.25, 0.3) is 0 Å². The Morgan fingerprint density at radius 1 is 0.762 bits per heavy atom. The molecule has 0 saturated heterocycles. The van der Waals surface area contributed by atoms with Crippen molar-refractivity contribution >= 4 is 10.2 Å². The van der Waals surface area contributed by atoms with Gasteiger partial charge in [-0.05, 0) is 29.7 Å². The second kappa shape index (κ2) is 6.02. The van der Waals surface area contributed by atoms with Crippen molar-refractivity contribution in [3.05, 3.63) is 72.1 Å². The average Bonchev–Trinajstić information content (AvgIpc) is 2.56. The van der Waals surface area contributed by atoms with E-state index in [1.807, 2.05) is 12.4 Å². The fraction of sp³-hybridized carbons (Fsp3) is 0.111. The Labute approximate surface area is 128 Å². The molecule has 0 saturated carbocycles. The normalized spacial score (nSPS) is 10.7. The van der Waals surface area contributed by atoms with Crippen LogP contribution in [0.2, 0.25) is 0 Å². The molecule has 104 valence electrons. The number of aryl methyl sites for hydroxylation is 1. The van der Waals surface area contributed by atoms with Crippen LogP contribution in [0.25, 0.3) is 22.5 Å². The van der Waals surface area contributed by atoms with E-state index >= 15 is 0 Å². The number of nitrogens with zero attached hydrogens (tertiary/aromatic N) is 2. The van der Waals surface area contributed by atoms with E-state index < -0.39 is 0 Å². The highest BCUT2D eigenvalue weighted by atomic mass is 28.1. The molecule has 2 nitrogen and oxygen atoms in total. The summed E-state index contributed by atoms with van der Waals surface area (Å²) in [7, 11) is 1.15. The summed E-state index contributed by atoms with van der Waals surface area (Å²) in [4.78, 5) is 8.89. The topological polar surface area (TPSA) is 25.8 Å². The molecular weight excluding hydrogens is 272 g/mol. The molecule has 0 aliphatic rings. The lowest BCUT2D eigenvalue weighted by molar-refractivity contribution is 1.13. The van der Waals surface area contributed by atoms with E-state index in [0.29, 0.717) is 0 Å². The summed E-state index contributed by atoms with van der Waals surface area (Å²) in [6.45, 7) is 2.10. The second-order valence-corrected chi connectivity index (χ2v) is 5.92. The predicted molar refractivity (Wildman–Crippen MR) is 91.3 cm³/mol. The summed E-state index contributed by atoms with van der Waals surface area (Å²) in [6, 6.07) is 18.1. The van der Waals surface area contributed by atoms with Gasteiger partial charge in [0.1, 0.15) is 0 Å². The van der Waals surface area contributed by atoms with Gasteiger partial charge in [-0.1, -0.05) is 54.1 Å². The van der Waals surface area contributed by atoms with Crippen LogP contribution in [0.4, 0.5) is 0 Å². The van der Waals surface area contributed by atoms with Crippen molar-refractivity contribution < 1.29 is 0 Å². The smallest absolute Gasteiger partial charge is 0.159 e. The molecule has 0 atom stereocenters. The van der Waals surface area contributed by atoms with Gasteiger partial charge in [-0.2, -0.15) is 0 Å². The standard InChI is InChI=1S/C18H18N2Si/c1-13-2-4-15(5-3-13)16-6-8-17(9-7-16)18-19-10-14(12-21)11-20-18/h2-11H,12H2,1,21H3. The minimum absolute atomic E-state index is 0.796. The maximum Gasteiger partial charge on any atom is 0.159 e. The van der Waals surface area contributed by atoms with Gasteiger partial charge in [0.05, 0.1) is 0 Å². The van der Waals surface area contributed by atoms with Crippen LogP contribution in [-0.4, -0.2) is 20.2 Å². The second-order valence-electron chi connectivity index (χ2n) is 5.21. The third kappa shape index (κ3) is 3.08. The first-order chi connectivity index (χ1) is 10.3. The molecule has 1 aromatic heterocycles. The first-order valence-corrected chi connectivity index (χ1v) is 8.66. The Morgan fingerprint density at radius 3 is 1.76 bits per heavy atom. The van der Waals surface area contributed by atoms with E-state index in [9.17, 15) is 0 Å². The summed E-state index contributed by atoms with van der Waals surface area (Å²) >= 11 is 0. The van der Waals surface area contributed by atoms with Crippen LogP contribution in [0.1, 0.15) is 11.1 Å². The fourth-order valence-electron chi connectivity index (χ4n) is 2.24. The maximum absolute atomic E-state index is 4.44. The molecule has 0 fully saturated rings. The van der Waals surface area contributed by atoms with Crippen LogP contribution in [0, 0.1) is 6.92 Å². The monoisotopic (exact) mass is 290 g/mol. The highest BCUT2D eigenvalue weighted by molar-refractivity contribution is 6.08. The van der Waals surface area contributed by atoms with Crippen molar-refractivity contribution in [1.82, 2.24) is 9.97 Å². The van der Waals surface area contributed by atoms with E-state index in [0.717, 1.165) is 27.7 Å². The molecule has 0 N–H and O–H groups in total.